The van der Waals surface area contributed by atoms with Crippen molar-refractivity contribution in [2.75, 3.05) is 18.8 Å². The van der Waals surface area contributed by atoms with Gasteiger partial charge in [-0.1, -0.05) is 18.2 Å². The Labute approximate surface area is 161 Å². The maximum absolute atomic E-state index is 14.6. The van der Waals surface area contributed by atoms with E-state index in [1.165, 1.54) is 6.07 Å². The average molecular weight is 384 g/mol. The minimum atomic E-state index is -1.27. The molecule has 0 aromatic heterocycles. The van der Waals surface area contributed by atoms with Crippen LogP contribution in [0.15, 0.2) is 47.4 Å². The third-order valence-corrected chi connectivity index (χ3v) is 6.53. The number of amides is 1. The maximum atomic E-state index is 14.6. The van der Waals surface area contributed by atoms with Gasteiger partial charge in [-0.2, -0.15) is 5.26 Å². The van der Waals surface area contributed by atoms with Gasteiger partial charge in [-0.25, -0.2) is 4.39 Å². The number of piperidine rings is 1. The molecule has 1 aliphatic rings. The van der Waals surface area contributed by atoms with Crippen LogP contribution in [0.2, 0.25) is 0 Å². The van der Waals surface area contributed by atoms with Crippen LogP contribution in [-0.2, 0) is 15.6 Å². The zero-order chi connectivity index (χ0) is 19.4. The summed E-state index contributed by atoms with van der Waals surface area (Å²) in [6, 6.07) is 13.4. The highest BCUT2D eigenvalue weighted by Gasteiger charge is 2.23. The molecule has 6 heteroatoms. The van der Waals surface area contributed by atoms with Gasteiger partial charge in [0.25, 0.3) is 0 Å². The van der Waals surface area contributed by atoms with Crippen molar-refractivity contribution in [2.24, 2.45) is 5.92 Å². The maximum Gasteiger partial charge on any atom is 0.219 e. The minimum Gasteiger partial charge on any atom is -0.343 e. The Morgan fingerprint density at radius 3 is 2.44 bits per heavy atom. The normalized spacial score (nSPS) is 16.0. The van der Waals surface area contributed by atoms with Crippen molar-refractivity contribution in [3.63, 3.8) is 0 Å². The van der Waals surface area contributed by atoms with Crippen LogP contribution in [0.3, 0.4) is 0 Å². The summed E-state index contributed by atoms with van der Waals surface area (Å²) in [5.41, 5.74) is 1.63. The Bertz CT molecular complexity index is 897. The first kappa shape index (κ1) is 19.2. The molecular formula is C21H21FN2O2S. The SMILES string of the molecule is CC(=O)N1CCC(CS(=O)c2ccc(-c3ccc(C#N)cc3)c(F)c2)CC1. The van der Waals surface area contributed by atoms with Gasteiger partial charge in [0.15, 0.2) is 0 Å². The monoisotopic (exact) mass is 384 g/mol. The fourth-order valence-electron chi connectivity index (χ4n) is 3.32. The Kier molecular flexibility index (Phi) is 6.02. The highest BCUT2D eigenvalue weighted by molar-refractivity contribution is 7.85. The number of rotatable bonds is 4. The lowest BCUT2D eigenvalue weighted by atomic mass is 9.99. The molecule has 1 heterocycles. The van der Waals surface area contributed by atoms with E-state index in [0.29, 0.717) is 40.4 Å². The summed E-state index contributed by atoms with van der Waals surface area (Å²) in [5.74, 6) is 0.427. The first-order chi connectivity index (χ1) is 13.0. The van der Waals surface area contributed by atoms with E-state index in [1.807, 2.05) is 11.0 Å². The number of carbonyl (C=O) groups excluding carboxylic acids is 1. The van der Waals surface area contributed by atoms with Gasteiger partial charge in [0.05, 0.1) is 22.4 Å². The second-order valence-corrected chi connectivity index (χ2v) is 8.29. The third-order valence-electron chi connectivity index (χ3n) is 4.98. The van der Waals surface area contributed by atoms with E-state index < -0.39 is 16.6 Å². The summed E-state index contributed by atoms with van der Waals surface area (Å²) in [6.45, 7) is 2.96. The summed E-state index contributed by atoms with van der Waals surface area (Å²) in [7, 11) is -1.27. The molecule has 1 unspecified atom stereocenters. The second kappa shape index (κ2) is 8.45. The molecule has 1 saturated heterocycles. The van der Waals surface area contributed by atoms with Crippen LogP contribution >= 0.6 is 0 Å². The number of hydrogen-bond acceptors (Lipinski definition) is 3. The number of nitriles is 1. The molecule has 1 aliphatic heterocycles. The van der Waals surface area contributed by atoms with Crippen LogP contribution in [0.1, 0.15) is 25.3 Å². The van der Waals surface area contributed by atoms with E-state index in [0.717, 1.165) is 12.8 Å². The van der Waals surface area contributed by atoms with Crippen molar-refractivity contribution in [2.45, 2.75) is 24.7 Å². The first-order valence-electron chi connectivity index (χ1n) is 8.92. The van der Waals surface area contributed by atoms with Crippen molar-refractivity contribution in [3.8, 4) is 17.2 Å². The molecule has 1 amide bonds. The Balaban J connectivity index is 1.67. The standard InChI is InChI=1S/C21H21FN2O2S/c1-15(25)24-10-8-17(9-11-24)14-27(26)19-6-7-20(21(22)12-19)18-4-2-16(13-23)3-5-18/h2-7,12,17H,8-11,14H2,1H3. The third kappa shape index (κ3) is 4.61. The molecule has 2 aromatic rings. The van der Waals surface area contributed by atoms with Gasteiger partial charge in [0.1, 0.15) is 5.82 Å². The van der Waals surface area contributed by atoms with Crippen LogP contribution in [-0.4, -0.2) is 33.9 Å². The van der Waals surface area contributed by atoms with Gasteiger partial charge in [-0.15, -0.1) is 0 Å². The summed E-state index contributed by atoms with van der Waals surface area (Å²) in [5, 5.41) is 8.85. The van der Waals surface area contributed by atoms with E-state index in [2.05, 4.69) is 0 Å². The highest BCUT2D eigenvalue weighted by Crippen LogP contribution is 2.26. The number of hydrogen-bond donors (Lipinski definition) is 0. The fraction of sp³-hybridized carbons (Fsp3) is 0.333. The van der Waals surface area contributed by atoms with Crippen molar-refractivity contribution in [1.82, 2.24) is 4.90 Å². The molecule has 4 nitrogen and oxygen atoms in total. The van der Waals surface area contributed by atoms with Crippen LogP contribution < -0.4 is 0 Å². The molecule has 0 N–H and O–H groups in total. The average Bonchev–Trinajstić information content (AvgIpc) is 2.68. The van der Waals surface area contributed by atoms with Crippen molar-refractivity contribution in [1.29, 1.82) is 5.26 Å². The first-order valence-corrected chi connectivity index (χ1v) is 10.2. The predicted molar refractivity (Wildman–Crippen MR) is 103 cm³/mol. The van der Waals surface area contributed by atoms with Crippen LogP contribution in [0.25, 0.3) is 11.1 Å². The van der Waals surface area contributed by atoms with Crippen molar-refractivity contribution in [3.05, 3.63) is 53.8 Å². The Hall–Kier alpha value is -2.52. The van der Waals surface area contributed by atoms with Gasteiger partial charge in [-0.3, -0.25) is 9.00 Å². The quantitative estimate of drug-likeness (QED) is 0.807. The van der Waals surface area contributed by atoms with Crippen molar-refractivity contribution < 1.29 is 13.4 Å². The zero-order valence-corrected chi connectivity index (χ0v) is 16.0. The predicted octanol–water partition coefficient (Wildman–Crippen LogP) is 3.73. The van der Waals surface area contributed by atoms with Gasteiger partial charge in [0, 0.05) is 36.2 Å². The number of nitrogens with zero attached hydrogens (tertiary/aromatic N) is 2. The molecule has 3 rings (SSSR count). The molecule has 140 valence electrons. The second-order valence-electron chi connectivity index (χ2n) is 6.79. The van der Waals surface area contributed by atoms with E-state index in [-0.39, 0.29) is 11.8 Å². The van der Waals surface area contributed by atoms with E-state index in [9.17, 15) is 13.4 Å². The molecule has 2 aromatic carbocycles. The molecule has 1 fully saturated rings. The number of likely N-dealkylation sites (tertiary alicyclic amines) is 1. The minimum absolute atomic E-state index is 0.0787. The van der Waals surface area contributed by atoms with Crippen LogP contribution in [0.5, 0.6) is 0 Å². The summed E-state index contributed by atoms with van der Waals surface area (Å²) in [4.78, 5) is 13.7. The topological polar surface area (TPSA) is 61.2 Å². The number of halogens is 1. The van der Waals surface area contributed by atoms with Crippen molar-refractivity contribution >= 4 is 16.7 Å². The molecule has 1 atom stereocenters. The molecule has 0 bridgehead atoms. The molecule has 0 aliphatic carbocycles. The van der Waals surface area contributed by atoms with Gasteiger partial charge in [0.2, 0.25) is 5.91 Å². The Morgan fingerprint density at radius 2 is 1.89 bits per heavy atom. The van der Waals surface area contributed by atoms with Gasteiger partial charge < -0.3 is 4.90 Å². The lowest BCUT2D eigenvalue weighted by molar-refractivity contribution is -0.130. The summed E-state index contributed by atoms with van der Waals surface area (Å²) in [6.07, 6.45) is 1.66. The van der Waals surface area contributed by atoms with Crippen LogP contribution in [0.4, 0.5) is 4.39 Å². The number of benzene rings is 2. The summed E-state index contributed by atoms with van der Waals surface area (Å²) < 4.78 is 27.2. The Morgan fingerprint density at radius 1 is 1.22 bits per heavy atom. The largest absolute Gasteiger partial charge is 0.343 e. The molecular weight excluding hydrogens is 363 g/mol. The smallest absolute Gasteiger partial charge is 0.219 e. The lowest BCUT2D eigenvalue weighted by Crippen LogP contribution is -2.38. The number of carbonyl (C=O) groups is 1. The molecule has 0 radical (unpaired) electrons. The molecule has 0 spiro atoms. The molecule has 0 saturated carbocycles. The summed E-state index contributed by atoms with van der Waals surface area (Å²) >= 11 is 0. The van der Waals surface area contributed by atoms with Gasteiger partial charge >= 0.3 is 0 Å². The molecule has 27 heavy (non-hydrogen) atoms. The van der Waals surface area contributed by atoms with Gasteiger partial charge in [-0.05, 0) is 48.6 Å². The van der Waals surface area contributed by atoms with E-state index >= 15 is 0 Å². The van der Waals surface area contributed by atoms with E-state index in [4.69, 9.17) is 5.26 Å². The fourth-order valence-corrected chi connectivity index (χ4v) is 4.73. The van der Waals surface area contributed by atoms with Crippen LogP contribution in [0, 0.1) is 23.1 Å². The highest BCUT2D eigenvalue weighted by atomic mass is 32.2. The lowest BCUT2D eigenvalue weighted by Gasteiger charge is -2.31. The zero-order valence-electron chi connectivity index (χ0n) is 15.2. The van der Waals surface area contributed by atoms with E-state index in [1.54, 1.807) is 43.3 Å².